The topological polar surface area (TPSA) is 44.3 Å². The van der Waals surface area contributed by atoms with Crippen molar-refractivity contribution in [1.29, 1.82) is 0 Å². The number of hydrogen-bond donors (Lipinski definition) is 3. The van der Waals surface area contributed by atoms with E-state index in [0.717, 1.165) is 25.6 Å². The van der Waals surface area contributed by atoms with Gasteiger partial charge in [0.05, 0.1) is 0 Å². The van der Waals surface area contributed by atoms with Crippen molar-refractivity contribution in [3.8, 4) is 0 Å². The van der Waals surface area contributed by atoms with Crippen LogP contribution >= 0.6 is 0 Å². The van der Waals surface area contributed by atoms with Gasteiger partial charge in [0.25, 0.3) is 0 Å². The van der Waals surface area contributed by atoms with Gasteiger partial charge in [0.2, 0.25) is 0 Å². The maximum absolute atomic E-state index is 8.99. The largest absolute Gasteiger partial charge is 0.396 e. The van der Waals surface area contributed by atoms with Crippen molar-refractivity contribution in [2.75, 3.05) is 26.2 Å². The minimum absolute atomic E-state index is 0.278. The molecule has 14 heavy (non-hydrogen) atoms. The molecule has 0 bridgehead atoms. The standard InChI is InChI=1S/C11H24N2O/c1-9(8-14)10(2)13-7-11-3-5-12-6-4-11/h9-14H,3-8H2,1-2H3. The van der Waals surface area contributed by atoms with E-state index in [1.54, 1.807) is 0 Å². The Morgan fingerprint density at radius 2 is 2.00 bits per heavy atom. The highest BCUT2D eigenvalue weighted by atomic mass is 16.3. The lowest BCUT2D eigenvalue weighted by Crippen LogP contribution is -2.40. The molecule has 0 amide bonds. The Balaban J connectivity index is 2.12. The first kappa shape index (κ1) is 12.0. The van der Waals surface area contributed by atoms with Crippen LogP contribution in [0.15, 0.2) is 0 Å². The van der Waals surface area contributed by atoms with E-state index in [0.29, 0.717) is 12.0 Å². The monoisotopic (exact) mass is 200 g/mol. The summed E-state index contributed by atoms with van der Waals surface area (Å²) in [5.74, 6) is 1.18. The third kappa shape index (κ3) is 3.95. The second kappa shape index (κ2) is 6.38. The number of rotatable bonds is 5. The maximum atomic E-state index is 8.99. The summed E-state index contributed by atoms with van der Waals surface area (Å²) in [5, 5.41) is 15.9. The van der Waals surface area contributed by atoms with Crippen LogP contribution in [-0.4, -0.2) is 37.4 Å². The summed E-state index contributed by atoms with van der Waals surface area (Å²) in [6, 6.07) is 0.426. The van der Waals surface area contributed by atoms with Crippen molar-refractivity contribution < 1.29 is 5.11 Å². The number of hydrogen-bond acceptors (Lipinski definition) is 3. The zero-order valence-electron chi connectivity index (χ0n) is 9.42. The maximum Gasteiger partial charge on any atom is 0.0471 e. The van der Waals surface area contributed by atoms with Crippen molar-refractivity contribution in [3.63, 3.8) is 0 Å². The van der Waals surface area contributed by atoms with Crippen molar-refractivity contribution in [2.24, 2.45) is 11.8 Å². The highest BCUT2D eigenvalue weighted by molar-refractivity contribution is 4.74. The molecule has 0 aromatic heterocycles. The van der Waals surface area contributed by atoms with Gasteiger partial charge in [0, 0.05) is 12.6 Å². The van der Waals surface area contributed by atoms with Crippen molar-refractivity contribution in [3.05, 3.63) is 0 Å². The van der Waals surface area contributed by atoms with Crippen molar-refractivity contribution in [2.45, 2.75) is 32.7 Å². The predicted octanol–water partition coefficient (Wildman–Crippen LogP) is 0.592. The van der Waals surface area contributed by atoms with Crippen LogP contribution in [0.2, 0.25) is 0 Å². The normalized spacial score (nSPS) is 23.4. The summed E-state index contributed by atoms with van der Waals surface area (Å²) in [7, 11) is 0. The fourth-order valence-electron chi connectivity index (χ4n) is 1.80. The number of aliphatic hydroxyl groups excluding tert-OH is 1. The molecule has 0 aromatic carbocycles. The van der Waals surface area contributed by atoms with Crippen LogP contribution in [0.5, 0.6) is 0 Å². The minimum Gasteiger partial charge on any atom is -0.396 e. The van der Waals surface area contributed by atoms with Crippen molar-refractivity contribution >= 4 is 0 Å². The van der Waals surface area contributed by atoms with E-state index in [1.807, 2.05) is 0 Å². The highest BCUT2D eigenvalue weighted by Gasteiger charge is 2.15. The van der Waals surface area contributed by atoms with E-state index in [1.165, 1.54) is 12.8 Å². The molecular weight excluding hydrogens is 176 g/mol. The Labute approximate surface area is 87.3 Å². The van der Waals surface area contributed by atoms with Crippen LogP contribution in [0.25, 0.3) is 0 Å². The smallest absolute Gasteiger partial charge is 0.0471 e. The average Bonchev–Trinajstić information content (AvgIpc) is 2.26. The van der Waals surface area contributed by atoms with Crippen LogP contribution in [0, 0.1) is 11.8 Å². The number of aliphatic hydroxyl groups is 1. The average molecular weight is 200 g/mol. The fraction of sp³-hybridized carbons (Fsp3) is 1.00. The molecule has 0 saturated carbocycles. The number of piperidine rings is 1. The number of nitrogens with one attached hydrogen (secondary N) is 2. The summed E-state index contributed by atoms with van der Waals surface area (Å²) in [6.45, 7) is 7.95. The lowest BCUT2D eigenvalue weighted by Gasteiger charge is -2.26. The third-order valence-electron chi connectivity index (χ3n) is 3.33. The molecule has 2 atom stereocenters. The zero-order valence-corrected chi connectivity index (χ0v) is 9.42. The lowest BCUT2D eigenvalue weighted by molar-refractivity contribution is 0.202. The Hall–Kier alpha value is -0.120. The van der Waals surface area contributed by atoms with Gasteiger partial charge in [-0.3, -0.25) is 0 Å². The van der Waals surface area contributed by atoms with Crippen LogP contribution in [-0.2, 0) is 0 Å². The summed E-state index contributed by atoms with van der Waals surface area (Å²) in [5.41, 5.74) is 0. The molecule has 3 nitrogen and oxygen atoms in total. The van der Waals surface area contributed by atoms with Gasteiger partial charge >= 0.3 is 0 Å². The molecule has 1 rings (SSSR count). The quantitative estimate of drug-likeness (QED) is 0.609. The predicted molar refractivity (Wildman–Crippen MR) is 59.3 cm³/mol. The van der Waals surface area contributed by atoms with Gasteiger partial charge < -0.3 is 15.7 Å². The van der Waals surface area contributed by atoms with Gasteiger partial charge in [-0.1, -0.05) is 6.92 Å². The third-order valence-corrected chi connectivity index (χ3v) is 3.33. The van der Waals surface area contributed by atoms with Gasteiger partial charge in [-0.05, 0) is 51.2 Å². The van der Waals surface area contributed by atoms with E-state index in [4.69, 9.17) is 5.11 Å². The Morgan fingerprint density at radius 3 is 2.57 bits per heavy atom. The van der Waals surface area contributed by atoms with Crippen LogP contribution in [0.3, 0.4) is 0 Å². The van der Waals surface area contributed by atoms with E-state index in [-0.39, 0.29) is 6.61 Å². The molecule has 1 aliphatic rings. The second-order valence-electron chi connectivity index (χ2n) is 4.55. The summed E-state index contributed by atoms with van der Waals surface area (Å²) in [6.07, 6.45) is 2.57. The molecule has 0 aliphatic carbocycles. The van der Waals surface area contributed by atoms with Gasteiger partial charge in [-0.15, -0.1) is 0 Å². The molecule has 1 aliphatic heterocycles. The SMILES string of the molecule is CC(CO)C(C)NCC1CCNCC1. The molecule has 1 saturated heterocycles. The lowest BCUT2D eigenvalue weighted by atomic mass is 9.97. The Kier molecular flexibility index (Phi) is 5.45. The minimum atomic E-state index is 0.278. The first-order valence-electron chi connectivity index (χ1n) is 5.79. The van der Waals surface area contributed by atoms with Gasteiger partial charge in [-0.25, -0.2) is 0 Å². The molecule has 3 N–H and O–H groups in total. The first-order chi connectivity index (χ1) is 6.74. The molecule has 0 aromatic rings. The van der Waals surface area contributed by atoms with Gasteiger partial charge in [0.15, 0.2) is 0 Å². The van der Waals surface area contributed by atoms with Gasteiger partial charge in [0.1, 0.15) is 0 Å². The van der Waals surface area contributed by atoms with E-state index in [2.05, 4.69) is 24.5 Å². The Bertz CT molecular complexity index is 144. The second-order valence-corrected chi connectivity index (χ2v) is 4.55. The van der Waals surface area contributed by atoms with Crippen molar-refractivity contribution in [1.82, 2.24) is 10.6 Å². The molecule has 1 fully saturated rings. The summed E-state index contributed by atoms with van der Waals surface area (Å²) >= 11 is 0. The molecular formula is C11H24N2O. The Morgan fingerprint density at radius 1 is 1.36 bits per heavy atom. The molecule has 2 unspecified atom stereocenters. The molecule has 3 heteroatoms. The summed E-state index contributed by atoms with van der Waals surface area (Å²) < 4.78 is 0. The van der Waals surface area contributed by atoms with Crippen LogP contribution in [0.4, 0.5) is 0 Å². The molecule has 0 spiro atoms. The van der Waals surface area contributed by atoms with E-state index in [9.17, 15) is 0 Å². The van der Waals surface area contributed by atoms with Crippen LogP contribution < -0.4 is 10.6 Å². The first-order valence-corrected chi connectivity index (χ1v) is 5.79. The van der Waals surface area contributed by atoms with Crippen LogP contribution in [0.1, 0.15) is 26.7 Å². The zero-order chi connectivity index (χ0) is 10.4. The van der Waals surface area contributed by atoms with E-state index < -0.39 is 0 Å². The van der Waals surface area contributed by atoms with Gasteiger partial charge in [-0.2, -0.15) is 0 Å². The molecule has 1 heterocycles. The molecule has 0 radical (unpaired) electrons. The molecule has 84 valence electrons. The highest BCUT2D eigenvalue weighted by Crippen LogP contribution is 2.11. The summed E-state index contributed by atoms with van der Waals surface area (Å²) in [4.78, 5) is 0. The van der Waals surface area contributed by atoms with E-state index >= 15 is 0 Å². The fourth-order valence-corrected chi connectivity index (χ4v) is 1.80.